The molecule has 9 heteroatoms. The van der Waals surface area contributed by atoms with E-state index in [1.54, 1.807) is 31.1 Å². The van der Waals surface area contributed by atoms with Crippen LogP contribution < -0.4 is 4.74 Å². The number of hydrogen-bond donors (Lipinski definition) is 0. The summed E-state index contributed by atoms with van der Waals surface area (Å²) in [4.78, 5) is 42.1. The first kappa shape index (κ1) is 25.9. The van der Waals surface area contributed by atoms with Crippen LogP contribution in [0.3, 0.4) is 0 Å². The lowest BCUT2D eigenvalue weighted by atomic mass is 9.98. The number of carbonyl (C=O) groups is 3. The van der Waals surface area contributed by atoms with Crippen molar-refractivity contribution < 1.29 is 28.4 Å². The van der Waals surface area contributed by atoms with Gasteiger partial charge in [-0.1, -0.05) is 47.6 Å². The van der Waals surface area contributed by atoms with Gasteiger partial charge in [-0.2, -0.15) is 0 Å². The number of likely N-dealkylation sites (tertiary alicyclic amines) is 1. The molecule has 0 saturated carbocycles. The summed E-state index contributed by atoms with van der Waals surface area (Å²) in [6, 6.07) is 18.3. The van der Waals surface area contributed by atoms with E-state index in [2.05, 4.69) is 5.16 Å². The maximum atomic E-state index is 13.5. The Morgan fingerprint density at radius 3 is 2.68 bits per heavy atom. The van der Waals surface area contributed by atoms with Crippen molar-refractivity contribution in [3.8, 4) is 17.1 Å². The number of carbonyl (C=O) groups excluding carboxylic acids is 3. The van der Waals surface area contributed by atoms with Crippen LogP contribution in [-0.2, 0) is 20.9 Å². The average molecular weight is 506 g/mol. The molecular weight excluding hydrogens is 474 g/mol. The van der Waals surface area contributed by atoms with E-state index in [9.17, 15) is 14.4 Å². The number of ether oxygens (including phenoxy) is 2. The van der Waals surface area contributed by atoms with Crippen LogP contribution in [0.2, 0.25) is 0 Å². The van der Waals surface area contributed by atoms with Crippen LogP contribution in [0.4, 0.5) is 0 Å². The van der Waals surface area contributed by atoms with E-state index >= 15 is 0 Å². The van der Waals surface area contributed by atoms with Gasteiger partial charge in [-0.25, -0.2) is 0 Å². The number of methoxy groups -OCH3 is 1. The zero-order chi connectivity index (χ0) is 26.2. The molecular formula is C28H31N3O6. The molecule has 2 amide bonds. The number of amides is 2. The highest BCUT2D eigenvalue weighted by Gasteiger charge is 2.31. The van der Waals surface area contributed by atoms with Gasteiger partial charge in [0.2, 0.25) is 5.91 Å². The maximum Gasteiger partial charge on any atom is 0.310 e. The largest absolute Gasteiger partial charge is 0.497 e. The van der Waals surface area contributed by atoms with Crippen LogP contribution >= 0.6 is 0 Å². The molecule has 1 saturated heterocycles. The first-order valence-electron chi connectivity index (χ1n) is 12.4. The number of nitrogens with zero attached hydrogens (tertiary/aromatic N) is 3. The fourth-order valence-corrected chi connectivity index (χ4v) is 4.37. The number of rotatable bonds is 9. The summed E-state index contributed by atoms with van der Waals surface area (Å²) in [5.74, 6) is -0.215. The predicted octanol–water partition coefficient (Wildman–Crippen LogP) is 3.79. The van der Waals surface area contributed by atoms with Crippen molar-refractivity contribution in [1.82, 2.24) is 15.0 Å². The van der Waals surface area contributed by atoms with Crippen LogP contribution in [0, 0.1) is 5.92 Å². The van der Waals surface area contributed by atoms with Crippen molar-refractivity contribution in [2.75, 3.05) is 33.4 Å². The monoisotopic (exact) mass is 505 g/mol. The van der Waals surface area contributed by atoms with Crippen LogP contribution in [0.25, 0.3) is 11.3 Å². The molecule has 0 unspecified atom stereocenters. The molecule has 1 atom stereocenters. The molecule has 4 rings (SSSR count). The number of esters is 1. The van der Waals surface area contributed by atoms with Crippen molar-refractivity contribution in [3.63, 3.8) is 0 Å². The SMILES string of the molecule is CCOC(=O)[C@H]1CCCN(C(=O)CN(Cc2ccccc2)C(=O)c2cc(-c3cccc(OC)c3)on2)C1. The van der Waals surface area contributed by atoms with Crippen LogP contribution in [-0.4, -0.2) is 66.1 Å². The maximum absolute atomic E-state index is 13.5. The van der Waals surface area contributed by atoms with Gasteiger partial charge in [0.15, 0.2) is 11.5 Å². The number of hydrogen-bond acceptors (Lipinski definition) is 7. The Kier molecular flexibility index (Phi) is 8.56. The molecule has 1 fully saturated rings. The van der Waals surface area contributed by atoms with Crippen LogP contribution in [0.15, 0.2) is 65.2 Å². The van der Waals surface area contributed by atoms with Gasteiger partial charge in [0.25, 0.3) is 5.91 Å². The molecule has 1 aliphatic rings. The lowest BCUT2D eigenvalue weighted by molar-refractivity contribution is -0.151. The van der Waals surface area contributed by atoms with E-state index < -0.39 is 5.91 Å². The fourth-order valence-electron chi connectivity index (χ4n) is 4.37. The zero-order valence-electron chi connectivity index (χ0n) is 21.1. The third-order valence-electron chi connectivity index (χ3n) is 6.31. The summed E-state index contributed by atoms with van der Waals surface area (Å²) < 4.78 is 15.9. The summed E-state index contributed by atoms with van der Waals surface area (Å²) in [5, 5.41) is 3.99. The zero-order valence-corrected chi connectivity index (χ0v) is 21.1. The van der Waals surface area contributed by atoms with Crippen molar-refractivity contribution in [3.05, 3.63) is 71.9 Å². The van der Waals surface area contributed by atoms with Crippen LogP contribution in [0.5, 0.6) is 5.75 Å². The lowest BCUT2D eigenvalue weighted by Gasteiger charge is -2.33. The molecule has 9 nitrogen and oxygen atoms in total. The minimum Gasteiger partial charge on any atom is -0.497 e. The van der Waals surface area contributed by atoms with Gasteiger partial charge in [0, 0.05) is 31.3 Å². The normalized spacial score (nSPS) is 15.2. The molecule has 0 N–H and O–H groups in total. The van der Waals surface area contributed by atoms with E-state index in [1.165, 1.54) is 4.90 Å². The lowest BCUT2D eigenvalue weighted by Crippen LogP contribution is -2.47. The topological polar surface area (TPSA) is 102 Å². The second-order valence-corrected chi connectivity index (χ2v) is 8.89. The summed E-state index contributed by atoms with van der Waals surface area (Å²) in [6.07, 6.45) is 1.39. The summed E-state index contributed by atoms with van der Waals surface area (Å²) in [7, 11) is 1.57. The van der Waals surface area contributed by atoms with E-state index in [0.29, 0.717) is 37.5 Å². The molecule has 0 bridgehead atoms. The smallest absolute Gasteiger partial charge is 0.310 e. The van der Waals surface area contributed by atoms with Gasteiger partial charge in [-0.15, -0.1) is 0 Å². The van der Waals surface area contributed by atoms with Crippen LogP contribution in [0.1, 0.15) is 35.8 Å². The Hall–Kier alpha value is -4.14. The number of piperidine rings is 1. The van der Waals surface area contributed by atoms with E-state index in [0.717, 1.165) is 11.1 Å². The quantitative estimate of drug-likeness (QED) is 0.408. The molecule has 0 aliphatic carbocycles. The standard InChI is InChI=1S/C28H31N3O6/c1-3-36-28(34)22-12-8-14-30(18-22)26(32)19-31(17-20-9-5-4-6-10-20)27(33)24-16-25(37-29-24)21-11-7-13-23(15-21)35-2/h4-7,9-11,13,15-16,22H,3,8,12,14,17-19H2,1-2H3/t22-/m0/s1. The Bertz CT molecular complexity index is 1230. The molecule has 2 heterocycles. The molecule has 1 aliphatic heterocycles. The molecule has 3 aromatic rings. The molecule has 37 heavy (non-hydrogen) atoms. The Labute approximate surface area is 215 Å². The number of benzene rings is 2. The summed E-state index contributed by atoms with van der Waals surface area (Å²) in [6.45, 7) is 2.96. The first-order chi connectivity index (χ1) is 18.0. The Morgan fingerprint density at radius 1 is 1.11 bits per heavy atom. The number of aromatic nitrogens is 1. The van der Waals surface area contributed by atoms with Crippen molar-refractivity contribution >= 4 is 17.8 Å². The third kappa shape index (κ3) is 6.55. The van der Waals surface area contributed by atoms with E-state index in [4.69, 9.17) is 14.0 Å². The van der Waals surface area contributed by atoms with Gasteiger partial charge < -0.3 is 23.8 Å². The average Bonchev–Trinajstić information content (AvgIpc) is 3.43. The van der Waals surface area contributed by atoms with Gasteiger partial charge in [-0.3, -0.25) is 14.4 Å². The van der Waals surface area contributed by atoms with Gasteiger partial charge >= 0.3 is 5.97 Å². The highest BCUT2D eigenvalue weighted by atomic mass is 16.5. The predicted molar refractivity (Wildman–Crippen MR) is 136 cm³/mol. The van der Waals surface area contributed by atoms with Gasteiger partial charge in [-0.05, 0) is 37.5 Å². The van der Waals surface area contributed by atoms with Gasteiger partial charge in [0.1, 0.15) is 12.3 Å². The van der Waals surface area contributed by atoms with Crippen molar-refractivity contribution in [1.29, 1.82) is 0 Å². The molecule has 0 spiro atoms. The summed E-state index contributed by atoms with van der Waals surface area (Å²) in [5.41, 5.74) is 1.70. The third-order valence-corrected chi connectivity index (χ3v) is 6.31. The highest BCUT2D eigenvalue weighted by molar-refractivity contribution is 5.95. The minimum absolute atomic E-state index is 0.101. The van der Waals surface area contributed by atoms with Crippen molar-refractivity contribution in [2.45, 2.75) is 26.3 Å². The second kappa shape index (κ2) is 12.2. The molecule has 194 valence electrons. The molecule has 2 aromatic carbocycles. The van der Waals surface area contributed by atoms with Crippen molar-refractivity contribution in [2.24, 2.45) is 5.92 Å². The summed E-state index contributed by atoms with van der Waals surface area (Å²) >= 11 is 0. The molecule has 1 aromatic heterocycles. The molecule has 0 radical (unpaired) electrons. The first-order valence-corrected chi connectivity index (χ1v) is 12.4. The Morgan fingerprint density at radius 2 is 1.92 bits per heavy atom. The Balaban J connectivity index is 1.52. The fraction of sp³-hybridized carbons (Fsp3) is 0.357. The highest BCUT2D eigenvalue weighted by Crippen LogP contribution is 2.25. The van der Waals surface area contributed by atoms with Gasteiger partial charge in [0.05, 0.1) is 19.6 Å². The van der Waals surface area contributed by atoms with E-state index in [-0.39, 0.29) is 43.1 Å². The second-order valence-electron chi connectivity index (χ2n) is 8.89. The minimum atomic E-state index is -0.422. The van der Waals surface area contributed by atoms with E-state index in [1.807, 2.05) is 48.5 Å².